The number of aryl methyl sites for hydroxylation is 1. The molecule has 5 nitrogen and oxygen atoms in total. The van der Waals surface area contributed by atoms with Gasteiger partial charge in [0.05, 0.1) is 5.25 Å². The second-order valence-corrected chi connectivity index (χ2v) is 7.29. The normalized spacial score (nSPS) is 16.3. The summed E-state index contributed by atoms with van der Waals surface area (Å²) in [6.07, 6.45) is 3.45. The number of piperidine rings is 1. The molecule has 0 radical (unpaired) electrons. The molecule has 3 rings (SSSR count). The van der Waals surface area contributed by atoms with Crippen LogP contribution in [0, 0.1) is 6.92 Å². The van der Waals surface area contributed by atoms with Crippen LogP contribution in [0.1, 0.15) is 31.7 Å². The van der Waals surface area contributed by atoms with Crippen molar-refractivity contribution in [3.05, 3.63) is 29.8 Å². The third-order valence-corrected chi connectivity index (χ3v) is 5.04. The predicted octanol–water partition coefficient (Wildman–Crippen LogP) is 3.27. The number of nitrogens with one attached hydrogen (secondary N) is 1. The number of thioether (sulfide) groups is 1. The third kappa shape index (κ3) is 3.93. The summed E-state index contributed by atoms with van der Waals surface area (Å²) in [7, 11) is 0. The molecule has 0 bridgehead atoms. The first-order valence-corrected chi connectivity index (χ1v) is 8.96. The molecule has 2 aromatic rings. The topological polar surface area (TPSA) is 61.9 Å². The zero-order valence-corrected chi connectivity index (χ0v) is 14.4. The molecule has 6 heteroatoms. The van der Waals surface area contributed by atoms with Gasteiger partial charge < -0.3 is 4.90 Å². The largest absolute Gasteiger partial charge is 0.342 e. The molecule has 1 fully saturated rings. The molecule has 1 saturated heterocycles. The molecule has 0 unspecified atom stereocenters. The Balaban J connectivity index is 1.64. The van der Waals surface area contributed by atoms with Crippen molar-refractivity contribution in [1.29, 1.82) is 0 Å². The van der Waals surface area contributed by atoms with Gasteiger partial charge in [0.15, 0.2) is 5.82 Å². The fourth-order valence-electron chi connectivity index (χ4n) is 2.72. The number of amides is 1. The second kappa shape index (κ2) is 7.17. The van der Waals surface area contributed by atoms with Gasteiger partial charge in [0.25, 0.3) is 0 Å². The van der Waals surface area contributed by atoms with Crippen molar-refractivity contribution in [3.63, 3.8) is 0 Å². The Morgan fingerprint density at radius 3 is 2.61 bits per heavy atom. The average Bonchev–Trinajstić information content (AvgIpc) is 3.04. The number of aromatic nitrogens is 3. The Morgan fingerprint density at radius 1 is 1.22 bits per heavy atom. The van der Waals surface area contributed by atoms with Gasteiger partial charge in [0, 0.05) is 18.7 Å². The molecule has 1 aromatic carbocycles. The summed E-state index contributed by atoms with van der Waals surface area (Å²) in [6, 6.07) is 8.14. The van der Waals surface area contributed by atoms with Crippen molar-refractivity contribution >= 4 is 17.7 Å². The summed E-state index contributed by atoms with van der Waals surface area (Å²) >= 11 is 1.42. The van der Waals surface area contributed by atoms with Gasteiger partial charge in [-0.15, -0.1) is 5.10 Å². The van der Waals surface area contributed by atoms with Crippen LogP contribution in [-0.2, 0) is 4.79 Å². The molecule has 1 N–H and O–H groups in total. The van der Waals surface area contributed by atoms with Gasteiger partial charge in [-0.1, -0.05) is 41.6 Å². The van der Waals surface area contributed by atoms with E-state index in [0.717, 1.165) is 37.3 Å². The number of nitrogens with zero attached hydrogens (tertiary/aromatic N) is 3. The minimum atomic E-state index is -0.158. The van der Waals surface area contributed by atoms with Crippen LogP contribution in [0.5, 0.6) is 0 Å². The van der Waals surface area contributed by atoms with Crippen LogP contribution in [0.2, 0.25) is 0 Å². The number of rotatable bonds is 4. The van der Waals surface area contributed by atoms with Crippen LogP contribution in [0.4, 0.5) is 0 Å². The molecular formula is C17H22N4OS. The summed E-state index contributed by atoms with van der Waals surface area (Å²) in [5, 5.41) is 7.66. The molecular weight excluding hydrogens is 308 g/mol. The lowest BCUT2D eigenvalue weighted by atomic mass is 10.1. The Morgan fingerprint density at radius 2 is 1.91 bits per heavy atom. The number of benzene rings is 1. The summed E-state index contributed by atoms with van der Waals surface area (Å²) in [6.45, 7) is 5.75. The fourth-order valence-corrected chi connectivity index (χ4v) is 3.53. The van der Waals surface area contributed by atoms with E-state index in [2.05, 4.69) is 22.1 Å². The quantitative estimate of drug-likeness (QED) is 0.874. The number of H-pyrrole nitrogens is 1. The highest BCUT2D eigenvalue weighted by Gasteiger charge is 2.24. The van der Waals surface area contributed by atoms with Gasteiger partial charge in [-0.25, -0.2) is 4.98 Å². The minimum Gasteiger partial charge on any atom is -0.342 e. The number of carbonyl (C=O) groups excluding carboxylic acids is 1. The van der Waals surface area contributed by atoms with Gasteiger partial charge in [-0.3, -0.25) is 9.89 Å². The van der Waals surface area contributed by atoms with Gasteiger partial charge in [-0.05, 0) is 33.1 Å². The maximum atomic E-state index is 12.5. The van der Waals surface area contributed by atoms with Crippen molar-refractivity contribution in [2.24, 2.45) is 0 Å². The molecule has 122 valence electrons. The highest BCUT2D eigenvalue weighted by atomic mass is 32.2. The first-order valence-electron chi connectivity index (χ1n) is 8.08. The first-order chi connectivity index (χ1) is 11.1. The monoisotopic (exact) mass is 330 g/mol. The average molecular weight is 330 g/mol. The van der Waals surface area contributed by atoms with Crippen LogP contribution >= 0.6 is 11.8 Å². The summed E-state index contributed by atoms with van der Waals surface area (Å²) < 4.78 is 0. The smallest absolute Gasteiger partial charge is 0.235 e. The maximum Gasteiger partial charge on any atom is 0.235 e. The molecule has 0 spiro atoms. The van der Waals surface area contributed by atoms with Crippen LogP contribution in [0.15, 0.2) is 29.4 Å². The number of carbonyl (C=O) groups is 1. The third-order valence-electron chi connectivity index (χ3n) is 4.09. The Hall–Kier alpha value is -1.82. The molecule has 2 heterocycles. The van der Waals surface area contributed by atoms with E-state index in [1.807, 2.05) is 36.1 Å². The van der Waals surface area contributed by atoms with Crippen LogP contribution < -0.4 is 0 Å². The lowest BCUT2D eigenvalue weighted by Gasteiger charge is -2.28. The van der Waals surface area contributed by atoms with Gasteiger partial charge in [0.2, 0.25) is 11.1 Å². The van der Waals surface area contributed by atoms with Crippen LogP contribution in [0.25, 0.3) is 11.4 Å². The van der Waals surface area contributed by atoms with E-state index in [1.54, 1.807) is 0 Å². The Kier molecular flexibility index (Phi) is 5.00. The SMILES string of the molecule is Cc1ccc(-c2nc(S[C@@H](C)C(=O)N3CCCCC3)n[nH]2)cc1. The molecule has 0 aliphatic carbocycles. The standard InChI is InChI=1S/C17H22N4OS/c1-12-6-8-14(9-7-12)15-18-17(20-19-15)23-13(2)16(22)21-10-4-3-5-11-21/h6-9,13H,3-5,10-11H2,1-2H3,(H,18,19,20)/t13-/m0/s1. The fraction of sp³-hybridized carbons (Fsp3) is 0.471. The van der Waals surface area contributed by atoms with E-state index < -0.39 is 0 Å². The summed E-state index contributed by atoms with van der Waals surface area (Å²) in [4.78, 5) is 18.9. The number of hydrogen-bond acceptors (Lipinski definition) is 4. The minimum absolute atomic E-state index is 0.158. The van der Waals surface area contributed by atoms with E-state index in [-0.39, 0.29) is 11.2 Å². The van der Waals surface area contributed by atoms with E-state index in [1.165, 1.54) is 23.7 Å². The van der Waals surface area contributed by atoms with Crippen molar-refractivity contribution in [2.45, 2.75) is 43.5 Å². The second-order valence-electron chi connectivity index (χ2n) is 5.98. The zero-order valence-electron chi connectivity index (χ0n) is 13.6. The number of aromatic amines is 1. The Labute approximate surface area is 140 Å². The molecule has 1 atom stereocenters. The molecule has 1 aliphatic rings. The molecule has 0 saturated carbocycles. The zero-order chi connectivity index (χ0) is 16.2. The first kappa shape index (κ1) is 16.1. The van der Waals surface area contributed by atoms with Crippen molar-refractivity contribution in [1.82, 2.24) is 20.1 Å². The molecule has 1 aromatic heterocycles. The van der Waals surface area contributed by atoms with Crippen molar-refractivity contribution < 1.29 is 4.79 Å². The van der Waals surface area contributed by atoms with E-state index in [0.29, 0.717) is 5.16 Å². The number of hydrogen-bond donors (Lipinski definition) is 1. The van der Waals surface area contributed by atoms with Crippen LogP contribution in [0.3, 0.4) is 0 Å². The van der Waals surface area contributed by atoms with Gasteiger partial charge >= 0.3 is 0 Å². The van der Waals surface area contributed by atoms with E-state index >= 15 is 0 Å². The summed E-state index contributed by atoms with van der Waals surface area (Å²) in [5.74, 6) is 0.932. The lowest BCUT2D eigenvalue weighted by molar-refractivity contribution is -0.131. The van der Waals surface area contributed by atoms with Crippen molar-refractivity contribution in [2.75, 3.05) is 13.1 Å². The van der Waals surface area contributed by atoms with Gasteiger partial charge in [-0.2, -0.15) is 0 Å². The van der Waals surface area contributed by atoms with Gasteiger partial charge in [0.1, 0.15) is 0 Å². The van der Waals surface area contributed by atoms with E-state index in [4.69, 9.17) is 0 Å². The summed E-state index contributed by atoms with van der Waals surface area (Å²) in [5.41, 5.74) is 2.22. The highest BCUT2D eigenvalue weighted by Crippen LogP contribution is 2.24. The predicted molar refractivity (Wildman–Crippen MR) is 92.3 cm³/mol. The number of likely N-dealkylation sites (tertiary alicyclic amines) is 1. The van der Waals surface area contributed by atoms with Crippen molar-refractivity contribution in [3.8, 4) is 11.4 Å². The molecule has 1 amide bonds. The van der Waals surface area contributed by atoms with Crippen LogP contribution in [-0.4, -0.2) is 44.3 Å². The Bertz CT molecular complexity index is 661. The van der Waals surface area contributed by atoms with E-state index in [9.17, 15) is 4.79 Å². The maximum absolute atomic E-state index is 12.5. The highest BCUT2D eigenvalue weighted by molar-refractivity contribution is 8.00. The lowest BCUT2D eigenvalue weighted by Crippen LogP contribution is -2.40. The molecule has 23 heavy (non-hydrogen) atoms. The molecule has 1 aliphatic heterocycles.